The fourth-order valence-corrected chi connectivity index (χ4v) is 3.46. The predicted octanol–water partition coefficient (Wildman–Crippen LogP) is 3.53. The highest BCUT2D eigenvalue weighted by molar-refractivity contribution is 7.09. The molecule has 1 saturated carbocycles. The molecule has 3 heteroatoms. The lowest BCUT2D eigenvalue weighted by atomic mass is 9.74. The maximum absolute atomic E-state index is 4.31. The van der Waals surface area contributed by atoms with Gasteiger partial charge < -0.3 is 5.32 Å². The average Bonchev–Trinajstić information content (AvgIpc) is 2.87. The van der Waals surface area contributed by atoms with Crippen molar-refractivity contribution in [3.8, 4) is 0 Å². The van der Waals surface area contributed by atoms with Crippen LogP contribution in [-0.2, 0) is 6.42 Å². The number of benzene rings is 1. The third-order valence-electron chi connectivity index (χ3n) is 4.02. The van der Waals surface area contributed by atoms with Gasteiger partial charge in [0.15, 0.2) is 0 Å². The van der Waals surface area contributed by atoms with Crippen LogP contribution in [0.1, 0.15) is 34.9 Å². The second-order valence-electron chi connectivity index (χ2n) is 5.35. The maximum atomic E-state index is 4.31. The van der Waals surface area contributed by atoms with Gasteiger partial charge in [0.05, 0.1) is 5.01 Å². The van der Waals surface area contributed by atoms with Gasteiger partial charge in [0.1, 0.15) is 0 Å². The minimum atomic E-state index is 0.699. The molecule has 2 nitrogen and oxygen atoms in total. The summed E-state index contributed by atoms with van der Waals surface area (Å²) in [7, 11) is 0. The topological polar surface area (TPSA) is 24.9 Å². The molecule has 19 heavy (non-hydrogen) atoms. The average molecular weight is 272 g/mol. The summed E-state index contributed by atoms with van der Waals surface area (Å²) in [5, 5.41) is 6.93. The highest BCUT2D eigenvalue weighted by Crippen LogP contribution is 2.38. The van der Waals surface area contributed by atoms with Gasteiger partial charge in [-0.3, -0.25) is 0 Å². The first-order valence-electron chi connectivity index (χ1n) is 7.00. The zero-order valence-electron chi connectivity index (χ0n) is 11.3. The van der Waals surface area contributed by atoms with Crippen molar-refractivity contribution in [1.82, 2.24) is 10.3 Å². The van der Waals surface area contributed by atoms with E-state index in [1.54, 1.807) is 16.9 Å². The molecule has 1 aliphatic rings. The highest BCUT2D eigenvalue weighted by atomic mass is 32.1. The first-order valence-corrected chi connectivity index (χ1v) is 7.88. The van der Waals surface area contributed by atoms with Crippen LogP contribution in [0.5, 0.6) is 0 Å². The smallest absolute Gasteiger partial charge is 0.0937 e. The van der Waals surface area contributed by atoms with E-state index in [4.69, 9.17) is 0 Å². The van der Waals surface area contributed by atoms with Gasteiger partial charge in [-0.05, 0) is 36.8 Å². The van der Waals surface area contributed by atoms with Crippen LogP contribution < -0.4 is 5.32 Å². The third-order valence-corrected chi connectivity index (χ3v) is 4.86. The Balaban J connectivity index is 1.42. The Hall–Kier alpha value is -1.19. The molecule has 0 bridgehead atoms. The van der Waals surface area contributed by atoms with E-state index in [1.165, 1.54) is 23.4 Å². The monoisotopic (exact) mass is 272 g/mol. The van der Waals surface area contributed by atoms with Crippen LogP contribution in [0.3, 0.4) is 0 Å². The van der Waals surface area contributed by atoms with Crippen LogP contribution in [0, 0.1) is 6.92 Å². The summed E-state index contributed by atoms with van der Waals surface area (Å²) in [4.78, 5) is 4.31. The summed E-state index contributed by atoms with van der Waals surface area (Å²) in [5.74, 6) is 0.763. The summed E-state index contributed by atoms with van der Waals surface area (Å²) >= 11 is 1.75. The van der Waals surface area contributed by atoms with Crippen LogP contribution in [0.4, 0.5) is 0 Å². The highest BCUT2D eigenvalue weighted by Gasteiger charge is 2.30. The molecular formula is C16H20N2S. The van der Waals surface area contributed by atoms with Crippen molar-refractivity contribution >= 4 is 11.3 Å². The molecule has 1 N–H and O–H groups in total. The molecule has 100 valence electrons. The molecule has 1 aromatic heterocycles. The number of hydrogen-bond donors (Lipinski definition) is 1. The van der Waals surface area contributed by atoms with Gasteiger partial charge in [-0.25, -0.2) is 4.98 Å². The maximum Gasteiger partial charge on any atom is 0.0937 e. The van der Waals surface area contributed by atoms with Gasteiger partial charge in [0, 0.05) is 30.6 Å². The van der Waals surface area contributed by atoms with Crippen molar-refractivity contribution in [2.75, 3.05) is 6.54 Å². The first kappa shape index (κ1) is 12.8. The minimum Gasteiger partial charge on any atom is -0.314 e. The molecule has 0 unspecified atom stereocenters. The Morgan fingerprint density at radius 1 is 1.32 bits per heavy atom. The summed E-state index contributed by atoms with van der Waals surface area (Å²) in [6.07, 6.45) is 5.51. The largest absolute Gasteiger partial charge is 0.314 e. The van der Waals surface area contributed by atoms with Crippen molar-refractivity contribution in [3.05, 3.63) is 52.0 Å². The van der Waals surface area contributed by atoms with Crippen molar-refractivity contribution in [1.29, 1.82) is 0 Å². The van der Waals surface area contributed by atoms with Crippen molar-refractivity contribution in [3.63, 3.8) is 0 Å². The van der Waals surface area contributed by atoms with E-state index >= 15 is 0 Å². The van der Waals surface area contributed by atoms with Crippen LogP contribution in [0.25, 0.3) is 0 Å². The van der Waals surface area contributed by atoms with Crippen LogP contribution in [-0.4, -0.2) is 17.6 Å². The van der Waals surface area contributed by atoms with Crippen molar-refractivity contribution in [2.45, 2.75) is 38.1 Å². The Morgan fingerprint density at radius 3 is 2.89 bits per heavy atom. The van der Waals surface area contributed by atoms with Crippen molar-refractivity contribution in [2.24, 2.45) is 0 Å². The summed E-state index contributed by atoms with van der Waals surface area (Å²) in [6, 6.07) is 9.49. The number of aromatic nitrogens is 1. The Bertz CT molecular complexity index is 515. The van der Waals surface area contributed by atoms with E-state index in [0.29, 0.717) is 6.04 Å². The zero-order chi connectivity index (χ0) is 13.1. The van der Waals surface area contributed by atoms with Crippen LogP contribution in [0.15, 0.2) is 35.8 Å². The number of aryl methyl sites for hydroxylation is 1. The molecule has 0 saturated heterocycles. The standard InChI is InChI=1S/C16H20N2S/c1-12-4-2-3-5-15(12)13-10-14(11-13)17-7-6-16-18-8-9-19-16/h2-5,8-9,13-14,17H,6-7,10-11H2,1H3. The molecule has 0 radical (unpaired) electrons. The lowest BCUT2D eigenvalue weighted by Gasteiger charge is -2.37. The second-order valence-corrected chi connectivity index (χ2v) is 6.33. The van der Waals surface area contributed by atoms with E-state index in [1.807, 2.05) is 11.6 Å². The number of nitrogens with one attached hydrogen (secondary N) is 1. The second kappa shape index (κ2) is 5.85. The van der Waals surface area contributed by atoms with Gasteiger partial charge in [0.2, 0.25) is 0 Å². The van der Waals surface area contributed by atoms with E-state index in [0.717, 1.165) is 18.9 Å². The summed E-state index contributed by atoms with van der Waals surface area (Å²) in [5.41, 5.74) is 2.98. The fraction of sp³-hybridized carbons (Fsp3) is 0.438. The molecule has 1 heterocycles. The Labute approximate surface area is 118 Å². The third kappa shape index (κ3) is 3.04. The van der Waals surface area contributed by atoms with E-state index in [9.17, 15) is 0 Å². The molecule has 1 aromatic carbocycles. The zero-order valence-corrected chi connectivity index (χ0v) is 12.1. The summed E-state index contributed by atoms with van der Waals surface area (Å²) < 4.78 is 0. The first-order chi connectivity index (χ1) is 9.33. The fourth-order valence-electron chi connectivity index (χ4n) is 2.84. The van der Waals surface area contributed by atoms with Crippen LogP contribution in [0.2, 0.25) is 0 Å². The number of thiazole rings is 1. The van der Waals surface area contributed by atoms with Gasteiger partial charge in [0.25, 0.3) is 0 Å². The number of rotatable bonds is 5. The molecule has 0 spiro atoms. The molecule has 3 rings (SSSR count). The van der Waals surface area contributed by atoms with Gasteiger partial charge in [-0.15, -0.1) is 11.3 Å². The SMILES string of the molecule is Cc1ccccc1C1CC(NCCc2nccs2)C1. The number of hydrogen-bond acceptors (Lipinski definition) is 3. The Morgan fingerprint density at radius 2 is 2.16 bits per heavy atom. The van der Waals surface area contributed by atoms with Gasteiger partial charge in [-0.1, -0.05) is 24.3 Å². The molecule has 0 atom stereocenters. The van der Waals surface area contributed by atoms with Gasteiger partial charge in [-0.2, -0.15) is 0 Å². The summed E-state index contributed by atoms with van der Waals surface area (Å²) in [6.45, 7) is 3.28. The predicted molar refractivity (Wildman–Crippen MR) is 80.8 cm³/mol. The quantitative estimate of drug-likeness (QED) is 0.900. The van der Waals surface area contributed by atoms with Crippen molar-refractivity contribution < 1.29 is 0 Å². The lowest BCUT2D eigenvalue weighted by molar-refractivity contribution is 0.292. The van der Waals surface area contributed by atoms with Crippen LogP contribution >= 0.6 is 11.3 Å². The molecule has 2 aromatic rings. The molecule has 1 aliphatic carbocycles. The van der Waals surface area contributed by atoms with E-state index in [2.05, 4.69) is 41.5 Å². The van der Waals surface area contributed by atoms with E-state index < -0.39 is 0 Å². The molecule has 0 amide bonds. The molecular weight excluding hydrogens is 252 g/mol. The Kier molecular flexibility index (Phi) is 3.95. The lowest BCUT2D eigenvalue weighted by Crippen LogP contribution is -2.41. The minimum absolute atomic E-state index is 0.699. The normalized spacial score (nSPS) is 22.2. The number of nitrogens with zero attached hydrogens (tertiary/aromatic N) is 1. The van der Waals surface area contributed by atoms with Gasteiger partial charge >= 0.3 is 0 Å². The molecule has 1 fully saturated rings. The van der Waals surface area contributed by atoms with E-state index in [-0.39, 0.29) is 0 Å². The molecule has 0 aliphatic heterocycles.